The van der Waals surface area contributed by atoms with Gasteiger partial charge < -0.3 is 5.32 Å². The van der Waals surface area contributed by atoms with Crippen LogP contribution in [0.25, 0.3) is 11.0 Å². The van der Waals surface area contributed by atoms with Crippen LogP contribution in [0.15, 0.2) is 83.8 Å². The highest BCUT2D eigenvalue weighted by Gasteiger charge is 2.28. The van der Waals surface area contributed by atoms with Gasteiger partial charge in [0.2, 0.25) is 15.9 Å². The maximum Gasteiger partial charge on any atom is 0.243 e. The smallest absolute Gasteiger partial charge is 0.243 e. The number of carbonyl (C=O) groups excluding carboxylic acids is 1. The van der Waals surface area contributed by atoms with E-state index in [0.717, 1.165) is 22.9 Å². The molecule has 2 N–H and O–H groups in total. The first-order valence-electron chi connectivity index (χ1n) is 9.62. The molecule has 0 fully saturated rings. The van der Waals surface area contributed by atoms with Gasteiger partial charge in [0, 0.05) is 6.54 Å². The highest BCUT2D eigenvalue weighted by atomic mass is 32.2. The second kappa shape index (κ2) is 9.34. The van der Waals surface area contributed by atoms with Crippen LogP contribution in [0.2, 0.25) is 0 Å². The van der Waals surface area contributed by atoms with Crippen LogP contribution in [-0.2, 0) is 27.8 Å². The number of aromatic nitrogens is 2. The summed E-state index contributed by atoms with van der Waals surface area (Å²) < 4.78 is 37.1. The Balaban J connectivity index is 1.59. The number of fused-ring (bicyclic) bond motifs is 1. The number of hydrogen-bond donors (Lipinski definition) is 2. The molecular weight excluding hydrogens is 432 g/mol. The highest BCUT2D eigenvalue weighted by Crippen LogP contribution is 2.21. The van der Waals surface area contributed by atoms with Gasteiger partial charge in [-0.25, -0.2) is 8.42 Å². The van der Waals surface area contributed by atoms with Crippen molar-refractivity contribution in [2.24, 2.45) is 0 Å². The molecule has 1 atom stereocenters. The zero-order valence-electron chi connectivity index (χ0n) is 16.4. The van der Waals surface area contributed by atoms with Crippen molar-refractivity contribution in [1.29, 1.82) is 0 Å². The zero-order chi connectivity index (χ0) is 21.7. The van der Waals surface area contributed by atoms with Gasteiger partial charge in [-0.15, -0.1) is 0 Å². The lowest BCUT2D eigenvalue weighted by Gasteiger charge is -2.19. The Kier molecular flexibility index (Phi) is 6.36. The van der Waals surface area contributed by atoms with Gasteiger partial charge in [0.1, 0.15) is 22.0 Å². The van der Waals surface area contributed by atoms with Gasteiger partial charge in [-0.3, -0.25) is 4.79 Å². The summed E-state index contributed by atoms with van der Waals surface area (Å²) in [5.74, 6) is -0.403. The van der Waals surface area contributed by atoms with Crippen molar-refractivity contribution in [3.05, 3.63) is 90.0 Å². The quantitative estimate of drug-likeness (QED) is 0.428. The maximum absolute atomic E-state index is 13.2. The lowest BCUT2D eigenvalue weighted by molar-refractivity contribution is -0.122. The van der Waals surface area contributed by atoms with Crippen LogP contribution >= 0.6 is 11.7 Å². The molecule has 1 amide bonds. The van der Waals surface area contributed by atoms with E-state index < -0.39 is 22.0 Å². The number of benzene rings is 3. The molecule has 9 heteroatoms. The van der Waals surface area contributed by atoms with Crippen LogP contribution in [0.3, 0.4) is 0 Å². The Morgan fingerprint density at radius 3 is 2.26 bits per heavy atom. The Labute approximate surface area is 184 Å². The van der Waals surface area contributed by atoms with E-state index in [0.29, 0.717) is 17.6 Å². The van der Waals surface area contributed by atoms with E-state index in [1.54, 1.807) is 12.1 Å². The molecule has 4 aromatic rings. The normalized spacial score (nSPS) is 12.5. The first-order valence-corrected chi connectivity index (χ1v) is 11.8. The van der Waals surface area contributed by atoms with Crippen molar-refractivity contribution in [3.8, 4) is 0 Å². The minimum Gasteiger partial charge on any atom is -0.351 e. The van der Waals surface area contributed by atoms with Crippen molar-refractivity contribution in [3.63, 3.8) is 0 Å². The molecule has 0 aliphatic heterocycles. The molecule has 0 aliphatic rings. The summed E-state index contributed by atoms with van der Waals surface area (Å²) >= 11 is 0.945. The standard InChI is InChI=1S/C22H20N4O3S2/c27-22(23-15-17-10-5-2-6-11-17)19(14-16-8-3-1-4-9-16)26-31(28,29)20-13-7-12-18-21(20)25-30-24-18/h1-13,19,26H,14-15H2,(H,23,27). The largest absolute Gasteiger partial charge is 0.351 e. The Bertz CT molecular complexity index is 1280. The highest BCUT2D eigenvalue weighted by molar-refractivity contribution is 7.89. The molecule has 3 aromatic carbocycles. The fraction of sp³-hybridized carbons (Fsp3) is 0.136. The monoisotopic (exact) mass is 452 g/mol. The van der Waals surface area contributed by atoms with Crippen LogP contribution in [0.1, 0.15) is 11.1 Å². The summed E-state index contributed by atoms with van der Waals surface area (Å²) in [5.41, 5.74) is 2.57. The fourth-order valence-corrected chi connectivity index (χ4v) is 5.16. The first-order chi connectivity index (χ1) is 15.0. The van der Waals surface area contributed by atoms with Crippen LogP contribution < -0.4 is 10.0 Å². The summed E-state index contributed by atoms with van der Waals surface area (Å²) in [6.45, 7) is 0.304. The predicted octanol–water partition coefficient (Wildman–Crippen LogP) is 2.90. The molecular formula is C22H20N4O3S2. The fourth-order valence-electron chi connectivity index (χ4n) is 3.19. The van der Waals surface area contributed by atoms with Crippen LogP contribution in [0, 0.1) is 0 Å². The van der Waals surface area contributed by atoms with Crippen LogP contribution in [0.4, 0.5) is 0 Å². The number of nitrogens with one attached hydrogen (secondary N) is 2. The number of rotatable bonds is 8. The van der Waals surface area contributed by atoms with Crippen molar-refractivity contribution in [1.82, 2.24) is 18.8 Å². The van der Waals surface area contributed by atoms with Crippen molar-refractivity contribution in [2.75, 3.05) is 0 Å². The molecule has 0 saturated carbocycles. The number of sulfonamides is 1. The van der Waals surface area contributed by atoms with Gasteiger partial charge in [-0.05, 0) is 29.7 Å². The lowest BCUT2D eigenvalue weighted by Crippen LogP contribution is -2.47. The minimum absolute atomic E-state index is 0.00710. The topological polar surface area (TPSA) is 101 Å². The zero-order valence-corrected chi connectivity index (χ0v) is 18.1. The van der Waals surface area contributed by atoms with E-state index in [1.165, 1.54) is 6.07 Å². The number of amides is 1. The second-order valence-corrected chi connectivity index (χ2v) is 9.17. The predicted molar refractivity (Wildman–Crippen MR) is 120 cm³/mol. The molecule has 1 aromatic heterocycles. The Hall–Kier alpha value is -3.14. The van der Waals surface area contributed by atoms with E-state index in [2.05, 4.69) is 18.8 Å². The average Bonchev–Trinajstić information content (AvgIpc) is 3.27. The molecule has 0 bridgehead atoms. The molecule has 1 heterocycles. The maximum atomic E-state index is 13.2. The molecule has 31 heavy (non-hydrogen) atoms. The molecule has 4 rings (SSSR count). The molecule has 0 aliphatic carbocycles. The summed E-state index contributed by atoms with van der Waals surface area (Å²) in [6.07, 6.45) is 0.214. The van der Waals surface area contributed by atoms with E-state index in [4.69, 9.17) is 0 Å². The third-order valence-corrected chi connectivity index (χ3v) is 6.79. The minimum atomic E-state index is -4.01. The SMILES string of the molecule is O=C(NCc1ccccc1)C(Cc1ccccc1)NS(=O)(=O)c1cccc2nsnc12. The molecule has 0 spiro atoms. The molecule has 0 saturated heterocycles. The van der Waals surface area contributed by atoms with Gasteiger partial charge >= 0.3 is 0 Å². The van der Waals surface area contributed by atoms with Crippen molar-refractivity contribution >= 4 is 38.7 Å². The lowest BCUT2D eigenvalue weighted by atomic mass is 10.1. The van der Waals surface area contributed by atoms with Crippen LogP contribution in [-0.4, -0.2) is 29.1 Å². The van der Waals surface area contributed by atoms with Crippen molar-refractivity contribution < 1.29 is 13.2 Å². The average molecular weight is 453 g/mol. The van der Waals surface area contributed by atoms with Crippen LogP contribution in [0.5, 0.6) is 0 Å². The van der Waals surface area contributed by atoms with Gasteiger partial charge in [-0.2, -0.15) is 13.5 Å². The Morgan fingerprint density at radius 2 is 1.55 bits per heavy atom. The number of hydrogen-bond acceptors (Lipinski definition) is 6. The molecule has 1 unspecified atom stereocenters. The number of nitrogens with zero attached hydrogens (tertiary/aromatic N) is 2. The van der Waals surface area contributed by atoms with E-state index in [1.807, 2.05) is 60.7 Å². The Morgan fingerprint density at radius 1 is 0.871 bits per heavy atom. The van der Waals surface area contributed by atoms with Gasteiger partial charge in [0.25, 0.3) is 0 Å². The molecule has 0 radical (unpaired) electrons. The molecule has 158 valence electrons. The third-order valence-electron chi connectivity index (χ3n) is 4.74. The molecule has 7 nitrogen and oxygen atoms in total. The summed E-state index contributed by atoms with van der Waals surface area (Å²) in [5, 5.41) is 2.83. The second-order valence-electron chi connectivity index (χ2n) is 6.96. The number of carbonyl (C=O) groups is 1. The van der Waals surface area contributed by atoms with Gasteiger partial charge in [0.15, 0.2) is 0 Å². The summed E-state index contributed by atoms with van der Waals surface area (Å²) in [6, 6.07) is 22.5. The van der Waals surface area contributed by atoms with E-state index in [-0.39, 0.29) is 11.3 Å². The summed E-state index contributed by atoms with van der Waals surface area (Å²) in [7, 11) is -4.01. The van der Waals surface area contributed by atoms with Gasteiger partial charge in [-0.1, -0.05) is 66.7 Å². The van der Waals surface area contributed by atoms with Crippen molar-refractivity contribution in [2.45, 2.75) is 23.9 Å². The summed E-state index contributed by atoms with van der Waals surface area (Å²) in [4.78, 5) is 13.0. The third kappa shape index (κ3) is 5.13. The van der Waals surface area contributed by atoms with Gasteiger partial charge in [0.05, 0.1) is 11.7 Å². The van der Waals surface area contributed by atoms with E-state index >= 15 is 0 Å². The first kappa shape index (κ1) is 21.1. The van der Waals surface area contributed by atoms with E-state index in [9.17, 15) is 13.2 Å².